The Morgan fingerprint density at radius 3 is 2.09 bits per heavy atom. The predicted molar refractivity (Wildman–Crippen MR) is 92.6 cm³/mol. The molecule has 23 heavy (non-hydrogen) atoms. The third kappa shape index (κ3) is 4.57. The Morgan fingerprint density at radius 1 is 0.957 bits per heavy atom. The van der Waals surface area contributed by atoms with Gasteiger partial charge in [0.2, 0.25) is 0 Å². The van der Waals surface area contributed by atoms with Gasteiger partial charge in [-0.15, -0.1) is 0 Å². The SMILES string of the molecule is Cc1cc(C)c(NC(=O)C(=O)NCc2ccc(Cl)cc2)c(C)c1. The van der Waals surface area contributed by atoms with Gasteiger partial charge in [0, 0.05) is 17.3 Å². The number of halogens is 1. The smallest absolute Gasteiger partial charge is 0.313 e. The summed E-state index contributed by atoms with van der Waals surface area (Å²) in [5.74, 6) is -1.34. The van der Waals surface area contributed by atoms with Crippen molar-refractivity contribution < 1.29 is 9.59 Å². The summed E-state index contributed by atoms with van der Waals surface area (Å²) in [5, 5.41) is 5.90. The van der Waals surface area contributed by atoms with Crippen LogP contribution in [0.5, 0.6) is 0 Å². The van der Waals surface area contributed by atoms with E-state index in [0.29, 0.717) is 10.7 Å². The molecule has 2 amide bonds. The molecule has 120 valence electrons. The van der Waals surface area contributed by atoms with Gasteiger partial charge in [0.25, 0.3) is 0 Å². The van der Waals surface area contributed by atoms with Crippen molar-refractivity contribution in [2.45, 2.75) is 27.3 Å². The first-order valence-electron chi connectivity index (χ1n) is 7.28. The molecule has 0 aromatic heterocycles. The maximum atomic E-state index is 12.0. The third-order valence-corrected chi connectivity index (χ3v) is 3.74. The maximum absolute atomic E-state index is 12.0. The van der Waals surface area contributed by atoms with Crippen molar-refractivity contribution in [1.29, 1.82) is 0 Å². The molecule has 0 fully saturated rings. The zero-order chi connectivity index (χ0) is 17.0. The van der Waals surface area contributed by atoms with Crippen molar-refractivity contribution in [3.05, 3.63) is 63.7 Å². The molecule has 2 aromatic carbocycles. The highest BCUT2D eigenvalue weighted by Crippen LogP contribution is 2.21. The normalized spacial score (nSPS) is 10.3. The Balaban J connectivity index is 1.98. The van der Waals surface area contributed by atoms with E-state index in [1.807, 2.05) is 32.9 Å². The van der Waals surface area contributed by atoms with Crippen LogP contribution in [0.15, 0.2) is 36.4 Å². The van der Waals surface area contributed by atoms with Crippen LogP contribution in [0, 0.1) is 20.8 Å². The van der Waals surface area contributed by atoms with Crippen molar-refractivity contribution in [3.8, 4) is 0 Å². The molecule has 0 spiro atoms. The third-order valence-electron chi connectivity index (χ3n) is 3.49. The molecule has 4 nitrogen and oxygen atoms in total. The highest BCUT2D eigenvalue weighted by molar-refractivity contribution is 6.39. The summed E-state index contributed by atoms with van der Waals surface area (Å²) in [5.41, 5.74) is 4.54. The lowest BCUT2D eigenvalue weighted by Gasteiger charge is -2.12. The van der Waals surface area contributed by atoms with Gasteiger partial charge in [-0.3, -0.25) is 9.59 Å². The molecule has 2 aromatic rings. The van der Waals surface area contributed by atoms with Crippen LogP contribution in [-0.4, -0.2) is 11.8 Å². The second-order valence-electron chi connectivity index (χ2n) is 5.54. The van der Waals surface area contributed by atoms with E-state index in [2.05, 4.69) is 10.6 Å². The van der Waals surface area contributed by atoms with E-state index in [-0.39, 0.29) is 6.54 Å². The molecule has 0 unspecified atom stereocenters. The first kappa shape index (κ1) is 17.0. The fourth-order valence-electron chi connectivity index (χ4n) is 2.41. The Bertz CT molecular complexity index is 716. The van der Waals surface area contributed by atoms with E-state index >= 15 is 0 Å². The molecule has 0 radical (unpaired) electrons. The Hall–Kier alpha value is -2.33. The number of carbonyl (C=O) groups is 2. The number of benzene rings is 2. The van der Waals surface area contributed by atoms with Crippen molar-refractivity contribution in [1.82, 2.24) is 5.32 Å². The number of anilines is 1. The van der Waals surface area contributed by atoms with Gasteiger partial charge < -0.3 is 10.6 Å². The van der Waals surface area contributed by atoms with Gasteiger partial charge >= 0.3 is 11.8 Å². The first-order chi connectivity index (χ1) is 10.9. The highest BCUT2D eigenvalue weighted by Gasteiger charge is 2.15. The number of hydrogen-bond acceptors (Lipinski definition) is 2. The van der Waals surface area contributed by atoms with E-state index in [1.165, 1.54) is 0 Å². The molecule has 2 N–H and O–H groups in total. The summed E-state index contributed by atoms with van der Waals surface area (Å²) in [6, 6.07) is 11.0. The van der Waals surface area contributed by atoms with Crippen LogP contribution in [0.4, 0.5) is 5.69 Å². The number of amides is 2. The minimum Gasteiger partial charge on any atom is -0.344 e. The zero-order valence-corrected chi connectivity index (χ0v) is 14.1. The summed E-state index contributed by atoms with van der Waals surface area (Å²) in [7, 11) is 0. The number of nitrogens with one attached hydrogen (secondary N) is 2. The van der Waals surface area contributed by atoms with Crippen LogP contribution in [0.2, 0.25) is 5.02 Å². The average Bonchev–Trinajstić information content (AvgIpc) is 2.49. The van der Waals surface area contributed by atoms with Crippen LogP contribution < -0.4 is 10.6 Å². The summed E-state index contributed by atoms with van der Waals surface area (Å²) < 4.78 is 0. The Morgan fingerprint density at radius 2 is 1.52 bits per heavy atom. The molecule has 0 aliphatic carbocycles. The van der Waals surface area contributed by atoms with Gasteiger partial charge in [0.05, 0.1) is 0 Å². The van der Waals surface area contributed by atoms with E-state index in [1.54, 1.807) is 24.3 Å². The summed E-state index contributed by atoms with van der Waals surface area (Å²) in [6.45, 7) is 6.07. The van der Waals surface area contributed by atoms with E-state index in [4.69, 9.17) is 11.6 Å². The molecular formula is C18H19ClN2O2. The molecule has 0 heterocycles. The summed E-state index contributed by atoms with van der Waals surface area (Å²) in [4.78, 5) is 24.0. The van der Waals surface area contributed by atoms with E-state index in [0.717, 1.165) is 22.3 Å². The van der Waals surface area contributed by atoms with Gasteiger partial charge in [0.15, 0.2) is 0 Å². The van der Waals surface area contributed by atoms with Crippen LogP contribution in [0.25, 0.3) is 0 Å². The highest BCUT2D eigenvalue weighted by atomic mass is 35.5. The molecule has 0 bridgehead atoms. The zero-order valence-electron chi connectivity index (χ0n) is 13.4. The minimum atomic E-state index is -0.672. The van der Waals surface area contributed by atoms with Crippen LogP contribution >= 0.6 is 11.6 Å². The lowest BCUT2D eigenvalue weighted by molar-refractivity contribution is -0.136. The van der Waals surface area contributed by atoms with Gasteiger partial charge in [0.1, 0.15) is 0 Å². The quantitative estimate of drug-likeness (QED) is 0.846. The maximum Gasteiger partial charge on any atom is 0.313 e. The van der Waals surface area contributed by atoms with Gasteiger partial charge in [-0.1, -0.05) is 41.4 Å². The minimum absolute atomic E-state index is 0.273. The van der Waals surface area contributed by atoms with Crippen LogP contribution in [-0.2, 0) is 16.1 Å². The Labute approximate surface area is 140 Å². The van der Waals surface area contributed by atoms with Crippen molar-refractivity contribution in [2.75, 3.05) is 5.32 Å². The molecular weight excluding hydrogens is 312 g/mol. The monoisotopic (exact) mass is 330 g/mol. The van der Waals surface area contributed by atoms with Gasteiger partial charge in [-0.2, -0.15) is 0 Å². The number of carbonyl (C=O) groups excluding carboxylic acids is 2. The molecule has 0 aliphatic rings. The van der Waals surface area contributed by atoms with E-state index < -0.39 is 11.8 Å². The van der Waals surface area contributed by atoms with Crippen LogP contribution in [0.3, 0.4) is 0 Å². The number of hydrogen-bond donors (Lipinski definition) is 2. The molecule has 5 heteroatoms. The molecule has 0 saturated carbocycles. The number of aryl methyl sites for hydroxylation is 3. The van der Waals surface area contributed by atoms with Crippen molar-refractivity contribution >= 4 is 29.1 Å². The van der Waals surface area contributed by atoms with Crippen molar-refractivity contribution in [2.24, 2.45) is 0 Å². The largest absolute Gasteiger partial charge is 0.344 e. The summed E-state index contributed by atoms with van der Waals surface area (Å²) >= 11 is 5.80. The lowest BCUT2D eigenvalue weighted by Crippen LogP contribution is -2.35. The van der Waals surface area contributed by atoms with Crippen molar-refractivity contribution in [3.63, 3.8) is 0 Å². The standard InChI is InChI=1S/C18H19ClN2O2/c1-11-8-12(2)16(13(3)9-11)21-18(23)17(22)20-10-14-4-6-15(19)7-5-14/h4-9H,10H2,1-3H3,(H,20,22)(H,21,23). The summed E-state index contributed by atoms with van der Waals surface area (Å²) in [6.07, 6.45) is 0. The first-order valence-corrected chi connectivity index (χ1v) is 7.66. The molecule has 0 saturated heterocycles. The molecule has 0 aliphatic heterocycles. The van der Waals surface area contributed by atoms with Crippen LogP contribution in [0.1, 0.15) is 22.3 Å². The molecule has 2 rings (SSSR count). The predicted octanol–water partition coefficient (Wildman–Crippen LogP) is 3.52. The fraction of sp³-hybridized carbons (Fsp3) is 0.222. The lowest BCUT2D eigenvalue weighted by atomic mass is 10.1. The second-order valence-corrected chi connectivity index (χ2v) is 5.97. The number of rotatable bonds is 3. The molecule has 0 atom stereocenters. The van der Waals surface area contributed by atoms with Gasteiger partial charge in [-0.05, 0) is 49.6 Å². The van der Waals surface area contributed by atoms with E-state index in [9.17, 15) is 9.59 Å². The Kier molecular flexibility index (Phi) is 5.40. The topological polar surface area (TPSA) is 58.2 Å². The fourth-order valence-corrected chi connectivity index (χ4v) is 2.54. The second kappa shape index (κ2) is 7.29. The van der Waals surface area contributed by atoms with Gasteiger partial charge in [-0.25, -0.2) is 0 Å². The average molecular weight is 331 g/mol.